The molecule has 0 aliphatic carbocycles. The standard InChI is InChI=1S/C22H25N3O3S2/c1-16-13-20(24-28-16)23-22(27)17(2)30-15-21(26)25(14-19-9-6-12-29-19)11-10-18-7-4-3-5-8-18/h3-9,12-13,17H,10-11,14-15H2,1-2H3,(H,23,24,27). The van der Waals surface area contributed by atoms with Crippen LogP contribution in [-0.2, 0) is 22.6 Å². The predicted octanol–water partition coefficient (Wildman–Crippen LogP) is 4.38. The lowest BCUT2D eigenvalue weighted by atomic mass is 10.1. The van der Waals surface area contributed by atoms with E-state index in [1.54, 1.807) is 31.3 Å². The van der Waals surface area contributed by atoms with Crippen molar-refractivity contribution in [2.75, 3.05) is 17.6 Å². The predicted molar refractivity (Wildman–Crippen MR) is 122 cm³/mol. The first-order valence-corrected chi connectivity index (χ1v) is 11.6. The SMILES string of the molecule is Cc1cc(NC(=O)C(C)SCC(=O)N(CCc2ccccc2)Cc2cccs2)no1. The lowest BCUT2D eigenvalue weighted by molar-refractivity contribution is -0.128. The van der Waals surface area contributed by atoms with Crippen LogP contribution in [0.1, 0.15) is 23.1 Å². The molecule has 0 bridgehead atoms. The summed E-state index contributed by atoms with van der Waals surface area (Å²) in [5.74, 6) is 1.09. The number of hydrogen-bond donors (Lipinski definition) is 1. The minimum absolute atomic E-state index is 0.0289. The Labute approximate surface area is 184 Å². The number of nitrogens with one attached hydrogen (secondary N) is 1. The summed E-state index contributed by atoms with van der Waals surface area (Å²) in [4.78, 5) is 28.3. The van der Waals surface area contributed by atoms with Crippen LogP contribution in [0.4, 0.5) is 5.82 Å². The van der Waals surface area contributed by atoms with E-state index in [9.17, 15) is 9.59 Å². The molecule has 0 aliphatic heterocycles. The molecule has 0 spiro atoms. The fraction of sp³-hybridized carbons (Fsp3) is 0.318. The smallest absolute Gasteiger partial charge is 0.238 e. The van der Waals surface area contributed by atoms with Crippen molar-refractivity contribution in [2.45, 2.75) is 32.1 Å². The Morgan fingerprint density at radius 3 is 2.70 bits per heavy atom. The molecule has 158 valence electrons. The van der Waals surface area contributed by atoms with Crippen LogP contribution in [0.15, 0.2) is 58.4 Å². The number of amides is 2. The third-order valence-electron chi connectivity index (χ3n) is 4.50. The van der Waals surface area contributed by atoms with Gasteiger partial charge in [-0.2, -0.15) is 0 Å². The first-order valence-electron chi connectivity index (χ1n) is 9.71. The Morgan fingerprint density at radius 1 is 1.23 bits per heavy atom. The molecular weight excluding hydrogens is 418 g/mol. The van der Waals surface area contributed by atoms with Crippen molar-refractivity contribution in [1.29, 1.82) is 0 Å². The molecule has 1 atom stereocenters. The van der Waals surface area contributed by atoms with Crippen LogP contribution in [0.2, 0.25) is 0 Å². The van der Waals surface area contributed by atoms with Crippen molar-refractivity contribution in [3.63, 3.8) is 0 Å². The molecule has 0 aliphatic rings. The highest BCUT2D eigenvalue weighted by Gasteiger charge is 2.20. The Kier molecular flexibility index (Phi) is 8.10. The Balaban J connectivity index is 1.54. The zero-order chi connectivity index (χ0) is 21.3. The zero-order valence-corrected chi connectivity index (χ0v) is 18.7. The number of rotatable bonds is 10. The number of thiophene rings is 1. The van der Waals surface area contributed by atoms with E-state index in [1.807, 2.05) is 40.6 Å². The zero-order valence-electron chi connectivity index (χ0n) is 17.0. The molecule has 1 aromatic carbocycles. The van der Waals surface area contributed by atoms with Crippen LogP contribution in [0.3, 0.4) is 0 Å². The molecule has 0 radical (unpaired) electrons. The second kappa shape index (κ2) is 11.0. The van der Waals surface area contributed by atoms with E-state index < -0.39 is 0 Å². The van der Waals surface area contributed by atoms with Crippen molar-refractivity contribution >= 4 is 40.7 Å². The fourth-order valence-corrected chi connectivity index (χ4v) is 4.31. The molecule has 3 rings (SSSR count). The summed E-state index contributed by atoms with van der Waals surface area (Å²) < 4.78 is 4.96. The van der Waals surface area contributed by atoms with Gasteiger partial charge >= 0.3 is 0 Å². The molecule has 30 heavy (non-hydrogen) atoms. The topological polar surface area (TPSA) is 75.4 Å². The van der Waals surface area contributed by atoms with Crippen molar-refractivity contribution in [2.24, 2.45) is 0 Å². The minimum Gasteiger partial charge on any atom is -0.360 e. The van der Waals surface area contributed by atoms with Gasteiger partial charge in [-0.15, -0.1) is 23.1 Å². The van der Waals surface area contributed by atoms with Gasteiger partial charge in [0.05, 0.1) is 17.5 Å². The van der Waals surface area contributed by atoms with Crippen LogP contribution < -0.4 is 5.32 Å². The molecule has 1 unspecified atom stereocenters. The number of nitrogens with zero attached hydrogens (tertiary/aromatic N) is 2. The third kappa shape index (κ3) is 6.74. The van der Waals surface area contributed by atoms with Gasteiger partial charge in [-0.25, -0.2) is 0 Å². The van der Waals surface area contributed by atoms with Gasteiger partial charge in [-0.05, 0) is 37.3 Å². The molecule has 2 amide bonds. The van der Waals surface area contributed by atoms with E-state index in [-0.39, 0.29) is 22.8 Å². The number of thioether (sulfide) groups is 1. The highest BCUT2D eigenvalue weighted by molar-refractivity contribution is 8.01. The van der Waals surface area contributed by atoms with Crippen molar-refractivity contribution in [3.8, 4) is 0 Å². The molecule has 0 saturated heterocycles. The van der Waals surface area contributed by atoms with Gasteiger partial charge in [-0.1, -0.05) is 41.6 Å². The second-order valence-corrected chi connectivity index (χ2v) is 9.26. The van der Waals surface area contributed by atoms with E-state index in [0.717, 1.165) is 11.3 Å². The number of hydrogen-bond acceptors (Lipinski definition) is 6. The maximum absolute atomic E-state index is 12.9. The van der Waals surface area contributed by atoms with Gasteiger partial charge in [-0.3, -0.25) is 9.59 Å². The largest absolute Gasteiger partial charge is 0.360 e. The van der Waals surface area contributed by atoms with E-state index in [1.165, 1.54) is 17.3 Å². The fourth-order valence-electron chi connectivity index (χ4n) is 2.81. The molecule has 2 aromatic heterocycles. The number of benzene rings is 1. The average molecular weight is 444 g/mol. The van der Waals surface area contributed by atoms with Crippen LogP contribution >= 0.6 is 23.1 Å². The van der Waals surface area contributed by atoms with Gasteiger partial charge in [0.1, 0.15) is 5.76 Å². The maximum Gasteiger partial charge on any atom is 0.238 e. The molecule has 2 heterocycles. The van der Waals surface area contributed by atoms with Gasteiger partial charge in [0.25, 0.3) is 0 Å². The first kappa shape index (κ1) is 22.1. The molecular formula is C22H25N3O3S2. The summed E-state index contributed by atoms with van der Waals surface area (Å²) in [6, 6.07) is 15.8. The van der Waals surface area contributed by atoms with Gasteiger partial charge < -0.3 is 14.7 Å². The normalized spacial score (nSPS) is 11.8. The highest BCUT2D eigenvalue weighted by Crippen LogP contribution is 2.18. The van der Waals surface area contributed by atoms with Crippen LogP contribution in [0, 0.1) is 6.92 Å². The minimum atomic E-state index is -0.385. The van der Waals surface area contributed by atoms with E-state index in [0.29, 0.717) is 24.7 Å². The van der Waals surface area contributed by atoms with E-state index in [2.05, 4.69) is 22.6 Å². The lowest BCUT2D eigenvalue weighted by Crippen LogP contribution is -2.34. The quantitative estimate of drug-likeness (QED) is 0.503. The summed E-state index contributed by atoms with van der Waals surface area (Å²) in [7, 11) is 0. The monoisotopic (exact) mass is 443 g/mol. The van der Waals surface area contributed by atoms with E-state index >= 15 is 0 Å². The number of anilines is 1. The Bertz CT molecular complexity index is 942. The average Bonchev–Trinajstić information content (AvgIpc) is 3.41. The summed E-state index contributed by atoms with van der Waals surface area (Å²) in [6.07, 6.45) is 0.796. The number of carbonyl (C=O) groups excluding carboxylic acids is 2. The van der Waals surface area contributed by atoms with Crippen LogP contribution in [0.25, 0.3) is 0 Å². The maximum atomic E-state index is 12.9. The second-order valence-electron chi connectivity index (χ2n) is 6.90. The molecule has 8 heteroatoms. The van der Waals surface area contributed by atoms with Gasteiger partial charge in [0.2, 0.25) is 11.8 Å². The Morgan fingerprint density at radius 2 is 2.03 bits per heavy atom. The summed E-state index contributed by atoms with van der Waals surface area (Å²) in [6.45, 7) is 4.77. The highest BCUT2D eigenvalue weighted by atomic mass is 32.2. The lowest BCUT2D eigenvalue weighted by Gasteiger charge is -2.23. The van der Waals surface area contributed by atoms with E-state index in [4.69, 9.17) is 4.52 Å². The van der Waals surface area contributed by atoms with Crippen molar-refractivity contribution in [1.82, 2.24) is 10.1 Å². The Hall–Kier alpha value is -2.58. The summed E-state index contributed by atoms with van der Waals surface area (Å²) in [5, 5.41) is 8.11. The van der Waals surface area contributed by atoms with Crippen molar-refractivity contribution < 1.29 is 14.1 Å². The third-order valence-corrected chi connectivity index (χ3v) is 6.49. The molecule has 1 N–H and O–H groups in total. The van der Waals surface area contributed by atoms with Crippen LogP contribution in [0.5, 0.6) is 0 Å². The van der Waals surface area contributed by atoms with Gasteiger partial charge in [0, 0.05) is 17.5 Å². The first-order chi connectivity index (χ1) is 14.5. The number of aryl methyl sites for hydroxylation is 1. The molecule has 0 fully saturated rings. The molecule has 6 nitrogen and oxygen atoms in total. The number of aromatic nitrogens is 1. The summed E-state index contributed by atoms with van der Waals surface area (Å²) in [5.41, 5.74) is 1.20. The van der Waals surface area contributed by atoms with Crippen LogP contribution in [-0.4, -0.2) is 39.4 Å². The molecule has 0 saturated carbocycles. The summed E-state index contributed by atoms with van der Waals surface area (Å²) >= 11 is 2.97. The van der Waals surface area contributed by atoms with Gasteiger partial charge in [0.15, 0.2) is 5.82 Å². The molecule has 3 aromatic rings. The number of carbonyl (C=O) groups is 2. The van der Waals surface area contributed by atoms with Crippen molar-refractivity contribution in [3.05, 3.63) is 70.1 Å².